The van der Waals surface area contributed by atoms with Crippen LogP contribution in [0.25, 0.3) is 124 Å². The van der Waals surface area contributed by atoms with E-state index >= 15 is 0 Å². The van der Waals surface area contributed by atoms with E-state index in [-0.39, 0.29) is 0 Å². The highest BCUT2D eigenvalue weighted by molar-refractivity contribution is 7.27. The highest BCUT2D eigenvalue weighted by atomic mass is 32.1. The maximum absolute atomic E-state index is 5.22. The van der Waals surface area contributed by atoms with Gasteiger partial charge in [-0.25, -0.2) is 15.0 Å². The largest absolute Gasteiger partial charge is 0.308 e. The molecule has 4 heterocycles. The lowest BCUT2D eigenvalue weighted by Gasteiger charge is -2.11. The van der Waals surface area contributed by atoms with Crippen molar-refractivity contribution < 1.29 is 0 Å². The molecule has 0 fully saturated rings. The lowest BCUT2D eigenvalue weighted by molar-refractivity contribution is 1.08. The fourth-order valence-corrected chi connectivity index (χ4v) is 12.0. The molecular formula is C57H34N4S2. The molecule has 0 unspecified atom stereocenters. The van der Waals surface area contributed by atoms with Crippen molar-refractivity contribution in [2.24, 2.45) is 0 Å². The first kappa shape index (κ1) is 35.9. The molecule has 0 bridgehead atoms. The Labute approximate surface area is 370 Å². The first-order chi connectivity index (χ1) is 31.2. The van der Waals surface area contributed by atoms with E-state index in [1.54, 1.807) is 0 Å². The van der Waals surface area contributed by atoms with Crippen molar-refractivity contribution in [3.8, 4) is 62.1 Å². The van der Waals surface area contributed by atoms with Crippen molar-refractivity contribution >= 4 is 84.8 Å². The van der Waals surface area contributed by atoms with Gasteiger partial charge in [-0.2, -0.15) is 0 Å². The monoisotopic (exact) mass is 838 g/mol. The van der Waals surface area contributed by atoms with Crippen LogP contribution in [-0.4, -0.2) is 19.5 Å². The molecule has 0 saturated heterocycles. The number of nitrogens with zero attached hydrogens (tertiary/aromatic N) is 4. The minimum Gasteiger partial charge on any atom is -0.308 e. The molecule has 0 N–H and O–H groups in total. The van der Waals surface area contributed by atoms with Crippen LogP contribution in [0.2, 0.25) is 0 Å². The van der Waals surface area contributed by atoms with Crippen molar-refractivity contribution in [2.75, 3.05) is 0 Å². The summed E-state index contributed by atoms with van der Waals surface area (Å²) < 4.78 is 7.48. The van der Waals surface area contributed by atoms with Gasteiger partial charge in [-0.05, 0) is 58.7 Å². The van der Waals surface area contributed by atoms with E-state index in [9.17, 15) is 0 Å². The van der Waals surface area contributed by atoms with Crippen LogP contribution in [0.5, 0.6) is 0 Å². The molecule has 294 valence electrons. The summed E-state index contributed by atoms with van der Waals surface area (Å²) >= 11 is 3.74. The molecular weight excluding hydrogens is 805 g/mol. The van der Waals surface area contributed by atoms with Crippen LogP contribution in [-0.2, 0) is 0 Å². The summed E-state index contributed by atoms with van der Waals surface area (Å²) in [5.74, 6) is 1.96. The number of rotatable bonds is 6. The lowest BCUT2D eigenvalue weighted by Crippen LogP contribution is -2.00. The zero-order chi connectivity index (χ0) is 41.4. The second kappa shape index (κ2) is 14.4. The Morgan fingerprint density at radius 2 is 0.921 bits per heavy atom. The van der Waals surface area contributed by atoms with Crippen LogP contribution in [0, 0.1) is 0 Å². The van der Waals surface area contributed by atoms with Crippen LogP contribution >= 0.6 is 22.7 Å². The van der Waals surface area contributed by atoms with Crippen molar-refractivity contribution in [1.29, 1.82) is 0 Å². The van der Waals surface area contributed by atoms with E-state index in [4.69, 9.17) is 15.0 Å². The minimum absolute atomic E-state index is 0.651. The Balaban J connectivity index is 1.05. The summed E-state index contributed by atoms with van der Waals surface area (Å²) in [5, 5.41) is 7.44. The molecule has 6 heteroatoms. The summed E-state index contributed by atoms with van der Waals surface area (Å²) in [7, 11) is 0. The quantitative estimate of drug-likeness (QED) is 0.168. The molecule has 9 aromatic carbocycles. The number of hydrogen-bond acceptors (Lipinski definition) is 5. The normalized spacial score (nSPS) is 11.8. The summed E-state index contributed by atoms with van der Waals surface area (Å²) in [5.41, 5.74) is 11.3. The summed E-state index contributed by atoms with van der Waals surface area (Å²) in [6.45, 7) is 0. The SMILES string of the molecule is c1ccc(-c2nc(-c3ccccc3)nc(-c3ccc(-c4ccccc4)c4sc5c(-c6ccc7sc8c(ccc9c%10ccccc%10n(-c%10ccccc%10)c98)c7c6)cccc5c34)n2)cc1. The summed E-state index contributed by atoms with van der Waals surface area (Å²) in [6.07, 6.45) is 0. The van der Waals surface area contributed by atoms with Crippen LogP contribution in [0.3, 0.4) is 0 Å². The third kappa shape index (κ3) is 5.76. The van der Waals surface area contributed by atoms with E-state index in [1.165, 1.54) is 84.7 Å². The first-order valence-electron chi connectivity index (χ1n) is 21.1. The van der Waals surface area contributed by atoms with Gasteiger partial charge in [-0.1, -0.05) is 170 Å². The average molecular weight is 839 g/mol. The van der Waals surface area contributed by atoms with Gasteiger partial charge in [0.15, 0.2) is 17.5 Å². The number of fused-ring (bicyclic) bond motifs is 10. The van der Waals surface area contributed by atoms with Crippen LogP contribution in [0.1, 0.15) is 0 Å². The van der Waals surface area contributed by atoms with Gasteiger partial charge >= 0.3 is 0 Å². The van der Waals surface area contributed by atoms with Crippen molar-refractivity contribution in [2.45, 2.75) is 0 Å². The topological polar surface area (TPSA) is 43.6 Å². The molecule has 13 aromatic rings. The number of thiophene rings is 2. The van der Waals surface area contributed by atoms with Crippen LogP contribution in [0.15, 0.2) is 206 Å². The molecule has 13 rings (SSSR count). The Bertz CT molecular complexity index is 3830. The first-order valence-corrected chi connectivity index (χ1v) is 22.7. The van der Waals surface area contributed by atoms with E-state index in [0.717, 1.165) is 22.1 Å². The van der Waals surface area contributed by atoms with Gasteiger partial charge in [0.05, 0.1) is 15.7 Å². The molecule has 4 nitrogen and oxygen atoms in total. The summed E-state index contributed by atoms with van der Waals surface area (Å²) in [4.78, 5) is 15.5. The van der Waals surface area contributed by atoms with E-state index < -0.39 is 0 Å². The standard InChI is InChI=1S/C57H34N4S2/c1-5-16-35(17-6-1)41-29-32-46(57-59-55(36-18-7-2-8-19-36)58-56(60-57)37-20-9-3-10-21-37)50-45-26-15-25-40(52(45)63-53(41)50)38-28-33-49-47(34-38)44-31-30-43-42-24-13-14-27-48(42)61(51(43)54(44)62-49)39-22-11-4-12-23-39/h1-34H. The van der Waals surface area contributed by atoms with Gasteiger partial charge in [0.1, 0.15) is 0 Å². The lowest BCUT2D eigenvalue weighted by atomic mass is 9.96. The number of para-hydroxylation sites is 2. The third-order valence-corrected chi connectivity index (χ3v) is 14.7. The van der Waals surface area contributed by atoms with Crippen molar-refractivity contribution in [3.05, 3.63) is 206 Å². The van der Waals surface area contributed by atoms with E-state index in [0.29, 0.717) is 17.5 Å². The molecule has 0 aliphatic carbocycles. The van der Waals surface area contributed by atoms with Gasteiger partial charge in [0.25, 0.3) is 0 Å². The second-order valence-corrected chi connectivity index (χ2v) is 18.0. The Morgan fingerprint density at radius 3 is 1.65 bits per heavy atom. The molecule has 0 spiro atoms. The van der Waals surface area contributed by atoms with Gasteiger partial charge in [0.2, 0.25) is 0 Å². The van der Waals surface area contributed by atoms with E-state index in [2.05, 4.69) is 174 Å². The van der Waals surface area contributed by atoms with Crippen molar-refractivity contribution in [1.82, 2.24) is 19.5 Å². The maximum Gasteiger partial charge on any atom is 0.164 e. The van der Waals surface area contributed by atoms with Gasteiger partial charge in [-0.3, -0.25) is 0 Å². The zero-order valence-corrected chi connectivity index (χ0v) is 35.4. The molecule has 0 saturated carbocycles. The average Bonchev–Trinajstić information content (AvgIpc) is 4.05. The van der Waals surface area contributed by atoms with Gasteiger partial charge in [-0.15, -0.1) is 22.7 Å². The number of benzene rings is 9. The minimum atomic E-state index is 0.651. The second-order valence-electron chi connectivity index (χ2n) is 15.9. The Hall–Kier alpha value is -7.77. The number of hydrogen-bond donors (Lipinski definition) is 0. The van der Waals surface area contributed by atoms with Crippen molar-refractivity contribution in [3.63, 3.8) is 0 Å². The van der Waals surface area contributed by atoms with Gasteiger partial charge in [0, 0.05) is 68.8 Å². The van der Waals surface area contributed by atoms with Crippen LogP contribution < -0.4 is 0 Å². The smallest absolute Gasteiger partial charge is 0.164 e. The fourth-order valence-electron chi connectivity index (χ4n) is 9.38. The predicted octanol–water partition coefficient (Wildman–Crippen LogP) is 16.0. The highest BCUT2D eigenvalue weighted by Gasteiger charge is 2.22. The molecule has 63 heavy (non-hydrogen) atoms. The molecule has 0 aliphatic rings. The molecule has 4 aromatic heterocycles. The van der Waals surface area contributed by atoms with E-state index in [1.807, 2.05) is 59.1 Å². The molecule has 0 amide bonds. The zero-order valence-electron chi connectivity index (χ0n) is 33.7. The highest BCUT2D eigenvalue weighted by Crippen LogP contribution is 2.49. The molecule has 0 radical (unpaired) electrons. The third-order valence-electron chi connectivity index (χ3n) is 12.3. The van der Waals surface area contributed by atoms with Crippen LogP contribution in [0.4, 0.5) is 0 Å². The predicted molar refractivity (Wildman–Crippen MR) is 267 cm³/mol. The number of aromatic nitrogens is 4. The Kier molecular flexibility index (Phi) is 8.22. The molecule has 0 atom stereocenters. The fraction of sp³-hybridized carbons (Fsp3) is 0. The molecule has 0 aliphatic heterocycles. The van der Waals surface area contributed by atoms with Gasteiger partial charge < -0.3 is 4.57 Å². The maximum atomic E-state index is 5.22. The summed E-state index contributed by atoms with van der Waals surface area (Å²) in [6, 6.07) is 73.6. The Morgan fingerprint density at radius 1 is 0.333 bits per heavy atom.